The van der Waals surface area contributed by atoms with Crippen LogP contribution in [0.1, 0.15) is 33.1 Å². The zero-order valence-corrected chi connectivity index (χ0v) is 17.9. The Balaban J connectivity index is 1.72. The number of para-hydroxylation sites is 2. The number of hydrogen-bond donors (Lipinski definition) is 1. The van der Waals surface area contributed by atoms with Crippen LogP contribution < -0.4 is 10.2 Å². The van der Waals surface area contributed by atoms with E-state index in [1.54, 1.807) is 0 Å². The average molecular weight is 417 g/mol. The van der Waals surface area contributed by atoms with Crippen LogP contribution in [0, 0.1) is 6.92 Å². The van der Waals surface area contributed by atoms with Gasteiger partial charge in [-0.3, -0.25) is 9.69 Å². The number of aryl methyl sites for hydroxylation is 1. The van der Waals surface area contributed by atoms with Crippen molar-refractivity contribution in [3.63, 3.8) is 0 Å². The number of nitrogens with one attached hydrogen (secondary N) is 1. The molecule has 156 valence electrons. The molecule has 0 unspecified atom stereocenters. The molecule has 0 aromatic heterocycles. The molecule has 0 saturated carbocycles. The Hall–Kier alpha value is -4.11. The molecular formula is C29H24N2O. The van der Waals surface area contributed by atoms with Gasteiger partial charge in [-0.1, -0.05) is 90.5 Å². The second-order valence-electron chi connectivity index (χ2n) is 7.99. The van der Waals surface area contributed by atoms with Crippen molar-refractivity contribution in [3.8, 4) is 0 Å². The fraction of sp³-hybridized carbons (Fsp3) is 0.0690. The van der Waals surface area contributed by atoms with E-state index in [1.807, 2.05) is 96.8 Å². The maximum absolute atomic E-state index is 13.9. The number of amides is 1. The average Bonchev–Trinajstić information content (AvgIpc) is 3.02. The Bertz CT molecular complexity index is 1260. The predicted octanol–water partition coefficient (Wildman–Crippen LogP) is 6.85. The number of hydrogen-bond acceptors (Lipinski definition) is 2. The molecule has 1 aliphatic heterocycles. The summed E-state index contributed by atoms with van der Waals surface area (Å²) in [6.45, 7) is 2.03. The van der Waals surface area contributed by atoms with Crippen molar-refractivity contribution in [1.29, 1.82) is 0 Å². The van der Waals surface area contributed by atoms with Crippen molar-refractivity contribution in [1.82, 2.24) is 0 Å². The molecule has 0 spiro atoms. The molecule has 0 bridgehead atoms. The molecule has 1 heterocycles. The van der Waals surface area contributed by atoms with Gasteiger partial charge in [-0.25, -0.2) is 0 Å². The molecular weight excluding hydrogens is 392 g/mol. The molecule has 1 atom stereocenters. The molecule has 0 fully saturated rings. The maximum atomic E-state index is 13.9. The number of carbonyl (C=O) groups is 1. The summed E-state index contributed by atoms with van der Waals surface area (Å²) in [5, 5.41) is 3.59. The standard InChI is InChI=1S/C29H24N2O/c1-21-16-18-24(19-17-21)29(32)31-27-15-9-8-14-25(27)30-26(22-10-4-2-5-11-22)20-28(31)23-12-6-3-7-13-23/h2-20,28,30H,1H3/t28-/m1/s1. The van der Waals surface area contributed by atoms with Gasteiger partial charge in [0, 0.05) is 11.3 Å². The van der Waals surface area contributed by atoms with Gasteiger partial charge >= 0.3 is 0 Å². The first-order chi connectivity index (χ1) is 15.7. The van der Waals surface area contributed by atoms with Gasteiger partial charge in [0.1, 0.15) is 0 Å². The fourth-order valence-electron chi connectivity index (χ4n) is 4.11. The van der Waals surface area contributed by atoms with Crippen molar-refractivity contribution in [2.75, 3.05) is 10.2 Å². The number of rotatable bonds is 3. The minimum atomic E-state index is -0.267. The number of anilines is 2. The zero-order valence-electron chi connectivity index (χ0n) is 17.9. The lowest BCUT2D eigenvalue weighted by Crippen LogP contribution is -2.34. The number of benzene rings is 4. The van der Waals surface area contributed by atoms with Crippen molar-refractivity contribution < 1.29 is 4.79 Å². The van der Waals surface area contributed by atoms with Gasteiger partial charge in [-0.2, -0.15) is 0 Å². The number of fused-ring (bicyclic) bond motifs is 1. The molecule has 32 heavy (non-hydrogen) atoms. The monoisotopic (exact) mass is 416 g/mol. The SMILES string of the molecule is Cc1ccc(C(=O)N2c3ccccc3NC(c3ccccc3)=C[C@@H]2c2ccccc2)cc1. The van der Waals surface area contributed by atoms with Crippen LogP contribution in [-0.2, 0) is 0 Å². The van der Waals surface area contributed by atoms with E-state index in [0.29, 0.717) is 5.56 Å². The molecule has 0 radical (unpaired) electrons. The highest BCUT2D eigenvalue weighted by molar-refractivity contribution is 6.09. The summed E-state index contributed by atoms with van der Waals surface area (Å²) in [5.74, 6) is -0.0290. The van der Waals surface area contributed by atoms with E-state index in [2.05, 4.69) is 35.7 Å². The number of nitrogens with zero attached hydrogens (tertiary/aromatic N) is 1. The summed E-state index contributed by atoms with van der Waals surface area (Å²) >= 11 is 0. The first-order valence-electron chi connectivity index (χ1n) is 10.8. The third-order valence-electron chi connectivity index (χ3n) is 5.78. The predicted molar refractivity (Wildman–Crippen MR) is 132 cm³/mol. The molecule has 0 aliphatic carbocycles. The van der Waals surface area contributed by atoms with Gasteiger partial charge in [-0.15, -0.1) is 0 Å². The zero-order chi connectivity index (χ0) is 21.9. The first-order valence-corrected chi connectivity index (χ1v) is 10.8. The third-order valence-corrected chi connectivity index (χ3v) is 5.78. The third kappa shape index (κ3) is 3.81. The minimum Gasteiger partial charge on any atom is -0.354 e. The van der Waals surface area contributed by atoms with Crippen LogP contribution in [0.15, 0.2) is 115 Å². The normalized spacial score (nSPS) is 15.2. The second kappa shape index (κ2) is 8.56. The molecule has 3 nitrogen and oxygen atoms in total. The summed E-state index contributed by atoms with van der Waals surface area (Å²) < 4.78 is 0. The van der Waals surface area contributed by atoms with Crippen molar-refractivity contribution in [2.24, 2.45) is 0 Å². The Labute approximate surface area is 188 Å². The van der Waals surface area contributed by atoms with E-state index >= 15 is 0 Å². The van der Waals surface area contributed by atoms with E-state index in [9.17, 15) is 4.79 Å². The number of carbonyl (C=O) groups excluding carboxylic acids is 1. The molecule has 4 aromatic rings. The van der Waals surface area contributed by atoms with Gasteiger partial charge in [0.05, 0.1) is 17.4 Å². The Morgan fingerprint density at radius 1 is 0.750 bits per heavy atom. The summed E-state index contributed by atoms with van der Waals surface area (Å²) in [5.41, 5.74) is 6.67. The van der Waals surface area contributed by atoms with Gasteiger partial charge in [0.2, 0.25) is 0 Å². The fourth-order valence-corrected chi connectivity index (χ4v) is 4.11. The highest BCUT2D eigenvalue weighted by atomic mass is 16.2. The van der Waals surface area contributed by atoms with E-state index in [4.69, 9.17) is 0 Å². The molecule has 4 aromatic carbocycles. The van der Waals surface area contributed by atoms with Crippen LogP contribution >= 0.6 is 0 Å². The molecule has 0 saturated heterocycles. The van der Waals surface area contributed by atoms with E-state index in [-0.39, 0.29) is 11.9 Å². The lowest BCUT2D eigenvalue weighted by Gasteiger charge is -2.30. The molecule has 1 amide bonds. The summed E-state index contributed by atoms with van der Waals surface area (Å²) in [7, 11) is 0. The van der Waals surface area contributed by atoms with Crippen LogP contribution in [0.4, 0.5) is 11.4 Å². The van der Waals surface area contributed by atoms with Gasteiger partial charge in [0.15, 0.2) is 0 Å². The lowest BCUT2D eigenvalue weighted by molar-refractivity contribution is 0.0981. The van der Waals surface area contributed by atoms with Gasteiger partial charge < -0.3 is 5.32 Å². The van der Waals surface area contributed by atoms with E-state index in [0.717, 1.165) is 33.8 Å². The highest BCUT2D eigenvalue weighted by Crippen LogP contribution is 2.40. The molecule has 5 rings (SSSR count). The quantitative estimate of drug-likeness (QED) is 0.396. The van der Waals surface area contributed by atoms with E-state index < -0.39 is 0 Å². The topological polar surface area (TPSA) is 32.3 Å². The van der Waals surface area contributed by atoms with Crippen molar-refractivity contribution >= 4 is 23.0 Å². The first kappa shape index (κ1) is 19.8. The van der Waals surface area contributed by atoms with Crippen LogP contribution in [-0.4, -0.2) is 5.91 Å². The van der Waals surface area contributed by atoms with Crippen molar-refractivity contribution in [2.45, 2.75) is 13.0 Å². The van der Waals surface area contributed by atoms with Crippen LogP contribution in [0.25, 0.3) is 5.70 Å². The smallest absolute Gasteiger partial charge is 0.259 e. The van der Waals surface area contributed by atoms with Gasteiger partial charge in [0.25, 0.3) is 5.91 Å². The Morgan fingerprint density at radius 3 is 2.09 bits per heavy atom. The maximum Gasteiger partial charge on any atom is 0.259 e. The van der Waals surface area contributed by atoms with Crippen LogP contribution in [0.5, 0.6) is 0 Å². The molecule has 3 heteroatoms. The summed E-state index contributed by atoms with van der Waals surface area (Å²) in [6.07, 6.45) is 2.15. The van der Waals surface area contributed by atoms with Crippen molar-refractivity contribution in [3.05, 3.63) is 138 Å². The summed E-state index contributed by atoms with van der Waals surface area (Å²) in [6, 6.07) is 35.9. The van der Waals surface area contributed by atoms with E-state index in [1.165, 1.54) is 0 Å². The second-order valence-corrected chi connectivity index (χ2v) is 7.99. The van der Waals surface area contributed by atoms with Crippen LogP contribution in [0.3, 0.4) is 0 Å². The molecule has 1 aliphatic rings. The van der Waals surface area contributed by atoms with Crippen LogP contribution in [0.2, 0.25) is 0 Å². The largest absolute Gasteiger partial charge is 0.354 e. The minimum absolute atomic E-state index is 0.0290. The Kier molecular flexibility index (Phi) is 5.30. The lowest BCUT2D eigenvalue weighted by atomic mass is 10.0. The molecule has 1 N–H and O–H groups in total. The van der Waals surface area contributed by atoms with Gasteiger partial charge in [-0.05, 0) is 48.4 Å². The Morgan fingerprint density at radius 2 is 1.38 bits per heavy atom. The highest BCUT2D eigenvalue weighted by Gasteiger charge is 2.31. The summed E-state index contributed by atoms with van der Waals surface area (Å²) in [4.78, 5) is 15.8.